The smallest absolute Gasteiger partial charge is 0.434 e. The van der Waals surface area contributed by atoms with Crippen LogP contribution in [0.5, 0.6) is 0 Å². The Labute approximate surface area is 201 Å². The molecule has 0 saturated carbocycles. The second kappa shape index (κ2) is 12.6. The first kappa shape index (κ1) is 25.9. The average Bonchev–Trinajstić information content (AvgIpc) is 3.46. The average molecular weight is 571 g/mol. The van der Waals surface area contributed by atoms with E-state index >= 15 is 0 Å². The van der Waals surface area contributed by atoms with Crippen LogP contribution in [0.4, 0.5) is 13.2 Å². The summed E-state index contributed by atoms with van der Waals surface area (Å²) in [6, 6.07) is 4.21. The van der Waals surface area contributed by atoms with Crippen LogP contribution in [0.25, 0.3) is 0 Å². The third-order valence-corrected chi connectivity index (χ3v) is 5.99. The molecule has 0 bridgehead atoms. The Bertz CT molecular complexity index is 797. The van der Waals surface area contributed by atoms with E-state index in [-0.39, 0.29) is 24.0 Å². The van der Waals surface area contributed by atoms with Gasteiger partial charge in [-0.25, -0.2) is 4.98 Å². The van der Waals surface area contributed by atoms with Gasteiger partial charge in [-0.2, -0.15) is 13.2 Å². The van der Waals surface area contributed by atoms with Crippen molar-refractivity contribution in [1.82, 2.24) is 20.5 Å². The molecule has 31 heavy (non-hydrogen) atoms. The number of nitrogens with one attached hydrogen (secondary N) is 2. The Balaban J connectivity index is 0.00000341. The van der Waals surface area contributed by atoms with Gasteiger partial charge in [0.2, 0.25) is 0 Å². The maximum Gasteiger partial charge on any atom is 0.434 e. The molecule has 0 amide bonds. The van der Waals surface area contributed by atoms with E-state index in [1.807, 2.05) is 12.1 Å². The van der Waals surface area contributed by atoms with Gasteiger partial charge in [0.25, 0.3) is 0 Å². The van der Waals surface area contributed by atoms with Gasteiger partial charge in [0, 0.05) is 37.4 Å². The molecule has 1 unspecified atom stereocenters. The molecule has 3 heterocycles. The lowest BCUT2D eigenvalue weighted by Crippen LogP contribution is -2.41. The van der Waals surface area contributed by atoms with Crippen molar-refractivity contribution in [2.45, 2.75) is 44.8 Å². The van der Waals surface area contributed by atoms with Gasteiger partial charge >= 0.3 is 6.18 Å². The minimum absolute atomic E-state index is 0. The van der Waals surface area contributed by atoms with E-state index in [4.69, 9.17) is 9.41 Å². The molecule has 1 aliphatic rings. The monoisotopic (exact) mass is 571 g/mol. The third-order valence-electron chi connectivity index (χ3n) is 5.08. The van der Waals surface area contributed by atoms with Gasteiger partial charge in [-0.05, 0) is 38.1 Å². The lowest BCUT2D eigenvalue weighted by Gasteiger charge is -2.21. The summed E-state index contributed by atoms with van der Waals surface area (Å²) in [6.07, 6.45) is 0.703. The van der Waals surface area contributed by atoms with Crippen LogP contribution in [-0.2, 0) is 19.0 Å². The van der Waals surface area contributed by atoms with Crippen molar-refractivity contribution >= 4 is 41.3 Å². The van der Waals surface area contributed by atoms with Gasteiger partial charge in [0.15, 0.2) is 11.7 Å². The summed E-state index contributed by atoms with van der Waals surface area (Å²) >= 11 is 1.03. The first-order chi connectivity index (χ1) is 14.5. The highest BCUT2D eigenvalue weighted by Gasteiger charge is 2.33. The number of hydrogen-bond acceptors (Lipinski definition) is 5. The number of alkyl halides is 3. The van der Waals surface area contributed by atoms with Crippen LogP contribution in [0.2, 0.25) is 0 Å². The molecule has 174 valence electrons. The molecular weight excluding hydrogens is 542 g/mol. The van der Waals surface area contributed by atoms with Gasteiger partial charge in [-0.3, -0.25) is 9.89 Å². The molecule has 0 spiro atoms. The molecule has 6 nitrogen and oxygen atoms in total. The summed E-state index contributed by atoms with van der Waals surface area (Å²) in [5, 5.41) is 8.04. The van der Waals surface area contributed by atoms with Gasteiger partial charge in [-0.1, -0.05) is 6.92 Å². The van der Waals surface area contributed by atoms with Crippen molar-refractivity contribution < 1.29 is 17.6 Å². The molecule has 0 radical (unpaired) electrons. The van der Waals surface area contributed by atoms with Gasteiger partial charge < -0.3 is 15.1 Å². The Morgan fingerprint density at radius 3 is 2.74 bits per heavy atom. The van der Waals surface area contributed by atoms with Crippen molar-refractivity contribution in [3.05, 3.63) is 40.2 Å². The van der Waals surface area contributed by atoms with Crippen molar-refractivity contribution in [3.8, 4) is 0 Å². The van der Waals surface area contributed by atoms with Crippen molar-refractivity contribution in [1.29, 1.82) is 0 Å². The second-order valence-corrected chi connectivity index (χ2v) is 8.11. The van der Waals surface area contributed by atoms with E-state index in [2.05, 4.69) is 27.4 Å². The Hall–Kier alpha value is -1.34. The van der Waals surface area contributed by atoms with Crippen molar-refractivity contribution in [2.24, 2.45) is 4.99 Å². The van der Waals surface area contributed by atoms with E-state index in [9.17, 15) is 13.2 Å². The molecule has 2 aromatic heterocycles. The minimum Gasteiger partial charge on any atom is -0.469 e. The van der Waals surface area contributed by atoms with Crippen LogP contribution in [0.1, 0.15) is 36.2 Å². The quantitative estimate of drug-likeness (QED) is 0.269. The number of aromatic nitrogens is 1. The van der Waals surface area contributed by atoms with E-state index in [0.717, 1.165) is 48.4 Å². The SMILES string of the molecule is CCN1CCCC1CN=C(NCCc1ccco1)NCCc1nc(C(F)(F)F)cs1.I. The summed E-state index contributed by atoms with van der Waals surface area (Å²) in [4.78, 5) is 10.8. The molecule has 1 aliphatic heterocycles. The number of furan rings is 1. The number of rotatable bonds is 9. The number of thiazole rings is 1. The molecule has 0 aliphatic carbocycles. The fraction of sp³-hybridized carbons (Fsp3) is 0.600. The molecule has 0 aromatic carbocycles. The molecule has 1 fully saturated rings. The molecule has 2 aromatic rings. The van der Waals surface area contributed by atoms with Crippen LogP contribution >= 0.6 is 35.3 Å². The molecule has 2 N–H and O–H groups in total. The number of likely N-dealkylation sites (tertiary alicyclic amines) is 1. The summed E-state index contributed by atoms with van der Waals surface area (Å²) < 4.78 is 43.5. The van der Waals surface area contributed by atoms with Crippen LogP contribution in [0.3, 0.4) is 0 Å². The summed E-state index contributed by atoms with van der Waals surface area (Å²) in [7, 11) is 0. The predicted molar refractivity (Wildman–Crippen MR) is 127 cm³/mol. The standard InChI is InChI=1S/C20H28F3N5OS.HI/c1-2-28-11-3-5-15(28)13-26-19(24-9-7-16-6-4-12-29-16)25-10-8-18-27-17(14-30-18)20(21,22)23;/h4,6,12,14-15H,2-3,5,7-11,13H2,1H3,(H2,24,25,26);1H. The van der Waals surface area contributed by atoms with Crippen LogP contribution in [0, 0.1) is 0 Å². The highest BCUT2D eigenvalue weighted by atomic mass is 127. The van der Waals surface area contributed by atoms with Crippen molar-refractivity contribution in [2.75, 3.05) is 32.7 Å². The summed E-state index contributed by atoms with van der Waals surface area (Å²) in [5.41, 5.74) is -0.825. The maximum absolute atomic E-state index is 12.7. The number of nitrogens with zero attached hydrogens (tertiary/aromatic N) is 3. The number of hydrogen-bond donors (Lipinski definition) is 2. The van der Waals surface area contributed by atoms with Crippen LogP contribution < -0.4 is 10.6 Å². The fourth-order valence-electron chi connectivity index (χ4n) is 3.49. The normalized spacial score (nSPS) is 17.5. The lowest BCUT2D eigenvalue weighted by atomic mass is 10.2. The molecular formula is C20H29F3IN5OS. The Morgan fingerprint density at radius 1 is 1.32 bits per heavy atom. The number of likely N-dealkylation sites (N-methyl/N-ethyl adjacent to an activating group) is 1. The minimum atomic E-state index is -4.39. The number of guanidine groups is 1. The maximum atomic E-state index is 12.7. The summed E-state index contributed by atoms with van der Waals surface area (Å²) in [5.74, 6) is 1.55. The lowest BCUT2D eigenvalue weighted by molar-refractivity contribution is -0.140. The van der Waals surface area contributed by atoms with E-state index in [1.165, 1.54) is 6.42 Å². The third kappa shape index (κ3) is 8.26. The highest BCUT2D eigenvalue weighted by molar-refractivity contribution is 14.0. The molecule has 1 atom stereocenters. The molecule has 3 rings (SSSR count). The van der Waals surface area contributed by atoms with Gasteiger partial charge in [0.05, 0.1) is 17.8 Å². The Morgan fingerprint density at radius 2 is 2.10 bits per heavy atom. The predicted octanol–water partition coefficient (Wildman–Crippen LogP) is 4.18. The van der Waals surface area contributed by atoms with Gasteiger partial charge in [0.1, 0.15) is 5.76 Å². The number of aliphatic imine (C=N–C) groups is 1. The Kier molecular flexibility index (Phi) is 10.6. The van der Waals surface area contributed by atoms with Crippen LogP contribution in [-0.4, -0.2) is 54.6 Å². The van der Waals surface area contributed by atoms with Crippen molar-refractivity contribution in [3.63, 3.8) is 0 Å². The zero-order valence-corrected chi connectivity index (χ0v) is 20.6. The first-order valence-electron chi connectivity index (χ1n) is 10.3. The first-order valence-corrected chi connectivity index (χ1v) is 11.1. The zero-order chi connectivity index (χ0) is 21.4. The molecule has 11 heteroatoms. The van der Waals surface area contributed by atoms with E-state index in [0.29, 0.717) is 43.1 Å². The molecule has 1 saturated heterocycles. The topological polar surface area (TPSA) is 65.7 Å². The summed E-state index contributed by atoms with van der Waals surface area (Å²) in [6.45, 7) is 6.08. The zero-order valence-electron chi connectivity index (χ0n) is 17.5. The van der Waals surface area contributed by atoms with Gasteiger partial charge in [-0.15, -0.1) is 35.3 Å². The van der Waals surface area contributed by atoms with Crippen LogP contribution in [0.15, 0.2) is 33.2 Å². The second-order valence-electron chi connectivity index (χ2n) is 7.17. The largest absolute Gasteiger partial charge is 0.469 e. The number of halogens is 4. The fourth-order valence-corrected chi connectivity index (χ4v) is 4.30. The van der Waals surface area contributed by atoms with E-state index < -0.39 is 11.9 Å². The highest BCUT2D eigenvalue weighted by Crippen LogP contribution is 2.30. The van der Waals surface area contributed by atoms with E-state index in [1.54, 1.807) is 6.26 Å².